The second-order valence-electron chi connectivity index (χ2n) is 3.86. The van der Waals surface area contributed by atoms with Crippen LogP contribution in [-0.4, -0.2) is 30.8 Å². The Morgan fingerprint density at radius 2 is 2.35 bits per heavy atom. The number of aliphatic hydroxyl groups excluding tert-OH is 1. The number of guanidine groups is 1. The quantitative estimate of drug-likeness (QED) is 0.523. The molecular weight excluding hydrogens is 218 g/mol. The molecule has 0 spiro atoms. The SMILES string of the molecule is NC(=NCCO)NC1CCOc2ccccc21. The highest BCUT2D eigenvalue weighted by Gasteiger charge is 2.20. The molecule has 5 nitrogen and oxygen atoms in total. The minimum absolute atomic E-state index is 0.00669. The summed E-state index contributed by atoms with van der Waals surface area (Å²) in [6.45, 7) is 0.998. The van der Waals surface area contributed by atoms with Gasteiger partial charge in [0.05, 0.1) is 25.8 Å². The van der Waals surface area contributed by atoms with E-state index in [4.69, 9.17) is 15.6 Å². The number of hydrogen-bond acceptors (Lipinski definition) is 3. The molecule has 2 rings (SSSR count). The van der Waals surface area contributed by atoms with Crippen LogP contribution in [0.1, 0.15) is 18.0 Å². The van der Waals surface area contributed by atoms with E-state index < -0.39 is 0 Å². The van der Waals surface area contributed by atoms with Gasteiger partial charge in [-0.15, -0.1) is 0 Å². The van der Waals surface area contributed by atoms with Gasteiger partial charge >= 0.3 is 0 Å². The first kappa shape index (κ1) is 11.7. The molecule has 5 heteroatoms. The third-order valence-corrected chi connectivity index (χ3v) is 2.66. The zero-order chi connectivity index (χ0) is 12.1. The van der Waals surface area contributed by atoms with E-state index in [0.29, 0.717) is 19.1 Å². The zero-order valence-electron chi connectivity index (χ0n) is 9.60. The monoisotopic (exact) mass is 235 g/mol. The van der Waals surface area contributed by atoms with E-state index in [-0.39, 0.29) is 12.6 Å². The Labute approximate surface area is 100 Å². The Morgan fingerprint density at radius 1 is 1.53 bits per heavy atom. The number of benzene rings is 1. The Kier molecular flexibility index (Phi) is 3.82. The van der Waals surface area contributed by atoms with Crippen molar-refractivity contribution in [2.45, 2.75) is 12.5 Å². The molecule has 0 amide bonds. The van der Waals surface area contributed by atoms with E-state index in [1.54, 1.807) is 0 Å². The molecule has 1 unspecified atom stereocenters. The van der Waals surface area contributed by atoms with Crippen LogP contribution in [0.3, 0.4) is 0 Å². The van der Waals surface area contributed by atoms with Gasteiger partial charge < -0.3 is 20.9 Å². The third kappa shape index (κ3) is 2.88. The predicted molar refractivity (Wildman–Crippen MR) is 66.0 cm³/mol. The molecule has 1 aromatic carbocycles. The maximum absolute atomic E-state index is 8.67. The molecule has 17 heavy (non-hydrogen) atoms. The minimum atomic E-state index is 0.00669. The van der Waals surface area contributed by atoms with Crippen LogP contribution >= 0.6 is 0 Å². The van der Waals surface area contributed by atoms with Crippen LogP contribution in [0.25, 0.3) is 0 Å². The number of hydrogen-bond donors (Lipinski definition) is 3. The number of fused-ring (bicyclic) bond motifs is 1. The van der Waals surface area contributed by atoms with Gasteiger partial charge in [-0.25, -0.2) is 0 Å². The topological polar surface area (TPSA) is 79.9 Å². The van der Waals surface area contributed by atoms with E-state index in [2.05, 4.69) is 10.3 Å². The van der Waals surface area contributed by atoms with Crippen molar-refractivity contribution in [2.75, 3.05) is 19.8 Å². The largest absolute Gasteiger partial charge is 0.493 e. The number of rotatable bonds is 3. The van der Waals surface area contributed by atoms with Crippen LogP contribution in [-0.2, 0) is 0 Å². The van der Waals surface area contributed by atoms with Gasteiger partial charge in [0, 0.05) is 12.0 Å². The lowest BCUT2D eigenvalue weighted by atomic mass is 10.0. The van der Waals surface area contributed by atoms with Gasteiger partial charge in [-0.3, -0.25) is 4.99 Å². The number of aliphatic hydroxyl groups is 1. The van der Waals surface area contributed by atoms with Gasteiger partial charge in [0.1, 0.15) is 5.75 Å². The van der Waals surface area contributed by atoms with Crippen molar-refractivity contribution in [3.05, 3.63) is 29.8 Å². The third-order valence-electron chi connectivity index (χ3n) is 2.66. The molecule has 0 saturated carbocycles. The molecule has 0 fully saturated rings. The molecule has 1 heterocycles. The van der Waals surface area contributed by atoms with E-state index in [1.165, 1.54) is 0 Å². The van der Waals surface area contributed by atoms with Crippen LogP contribution in [0.15, 0.2) is 29.3 Å². The smallest absolute Gasteiger partial charge is 0.189 e. The second kappa shape index (κ2) is 5.54. The minimum Gasteiger partial charge on any atom is -0.493 e. The summed E-state index contributed by atoms with van der Waals surface area (Å²) < 4.78 is 5.56. The molecule has 0 aromatic heterocycles. The van der Waals surface area contributed by atoms with Crippen LogP contribution < -0.4 is 15.8 Å². The lowest BCUT2D eigenvalue weighted by Gasteiger charge is -2.26. The normalized spacial score (nSPS) is 19.4. The summed E-state index contributed by atoms with van der Waals surface area (Å²) in [5, 5.41) is 11.8. The van der Waals surface area contributed by atoms with E-state index in [1.807, 2.05) is 24.3 Å². The van der Waals surface area contributed by atoms with Crippen molar-refractivity contribution in [3.8, 4) is 5.75 Å². The Bertz CT molecular complexity index is 406. The summed E-state index contributed by atoms with van der Waals surface area (Å²) in [5.74, 6) is 1.26. The molecule has 0 radical (unpaired) electrons. The van der Waals surface area contributed by atoms with Gasteiger partial charge in [-0.2, -0.15) is 0 Å². The molecule has 0 bridgehead atoms. The lowest BCUT2D eigenvalue weighted by Crippen LogP contribution is -2.37. The van der Waals surface area contributed by atoms with Gasteiger partial charge in [0.25, 0.3) is 0 Å². The summed E-state index contributed by atoms with van der Waals surface area (Å²) in [4.78, 5) is 4.00. The molecule has 1 aliphatic heterocycles. The maximum atomic E-state index is 8.67. The first-order valence-corrected chi connectivity index (χ1v) is 5.70. The summed E-state index contributed by atoms with van der Waals surface area (Å²) in [6.07, 6.45) is 0.854. The van der Waals surface area contributed by atoms with Crippen molar-refractivity contribution >= 4 is 5.96 Å². The number of nitrogens with one attached hydrogen (secondary N) is 1. The van der Waals surface area contributed by atoms with Gasteiger partial charge in [-0.05, 0) is 6.07 Å². The standard InChI is InChI=1S/C12H17N3O2/c13-12(14-6-7-16)15-10-5-8-17-11-4-2-1-3-9(10)11/h1-4,10,16H,5-8H2,(H3,13,14,15). The first-order valence-electron chi connectivity index (χ1n) is 5.70. The number of para-hydroxylation sites is 1. The fraction of sp³-hybridized carbons (Fsp3) is 0.417. The molecule has 92 valence electrons. The van der Waals surface area contributed by atoms with Crippen LogP contribution in [0.5, 0.6) is 5.75 Å². The molecule has 4 N–H and O–H groups in total. The fourth-order valence-corrected chi connectivity index (χ4v) is 1.89. The van der Waals surface area contributed by atoms with Crippen molar-refractivity contribution in [3.63, 3.8) is 0 Å². The Hall–Kier alpha value is -1.75. The molecule has 1 atom stereocenters. The summed E-state index contributed by atoms with van der Waals surface area (Å²) in [7, 11) is 0. The van der Waals surface area contributed by atoms with Crippen LogP contribution in [0.4, 0.5) is 0 Å². The Balaban J connectivity index is 2.08. The zero-order valence-corrected chi connectivity index (χ0v) is 9.60. The van der Waals surface area contributed by atoms with Gasteiger partial charge in [0.2, 0.25) is 0 Å². The summed E-state index contributed by atoms with van der Waals surface area (Å²) in [6, 6.07) is 8.02. The highest BCUT2D eigenvalue weighted by Crippen LogP contribution is 2.31. The van der Waals surface area contributed by atoms with Crippen molar-refractivity contribution < 1.29 is 9.84 Å². The van der Waals surface area contributed by atoms with E-state index >= 15 is 0 Å². The molecule has 1 aliphatic rings. The molecule has 1 aromatic rings. The van der Waals surface area contributed by atoms with Crippen molar-refractivity contribution in [1.82, 2.24) is 5.32 Å². The number of ether oxygens (including phenoxy) is 1. The first-order chi connectivity index (χ1) is 8.31. The Morgan fingerprint density at radius 3 is 3.18 bits per heavy atom. The van der Waals surface area contributed by atoms with E-state index in [9.17, 15) is 0 Å². The van der Waals surface area contributed by atoms with E-state index in [0.717, 1.165) is 17.7 Å². The molecule has 0 aliphatic carbocycles. The average molecular weight is 235 g/mol. The predicted octanol–water partition coefficient (Wildman–Crippen LogP) is 0.407. The average Bonchev–Trinajstić information content (AvgIpc) is 2.37. The number of nitrogens with two attached hydrogens (primary N) is 1. The highest BCUT2D eigenvalue weighted by molar-refractivity contribution is 5.78. The highest BCUT2D eigenvalue weighted by atomic mass is 16.5. The second-order valence-corrected chi connectivity index (χ2v) is 3.86. The van der Waals surface area contributed by atoms with Crippen LogP contribution in [0, 0.1) is 0 Å². The van der Waals surface area contributed by atoms with Gasteiger partial charge in [-0.1, -0.05) is 18.2 Å². The lowest BCUT2D eigenvalue weighted by molar-refractivity contribution is 0.262. The van der Waals surface area contributed by atoms with Crippen molar-refractivity contribution in [2.24, 2.45) is 10.7 Å². The van der Waals surface area contributed by atoms with Crippen LogP contribution in [0.2, 0.25) is 0 Å². The fourth-order valence-electron chi connectivity index (χ4n) is 1.89. The molecular formula is C12H17N3O2. The van der Waals surface area contributed by atoms with Crippen molar-refractivity contribution in [1.29, 1.82) is 0 Å². The van der Waals surface area contributed by atoms with Gasteiger partial charge in [0.15, 0.2) is 5.96 Å². The maximum Gasteiger partial charge on any atom is 0.189 e. The number of aliphatic imine (C=N–C) groups is 1. The summed E-state index contributed by atoms with van der Waals surface area (Å²) >= 11 is 0. The molecule has 0 saturated heterocycles. The number of nitrogens with zero attached hydrogens (tertiary/aromatic N) is 1. The summed E-state index contributed by atoms with van der Waals surface area (Å²) in [5.41, 5.74) is 6.83.